The van der Waals surface area contributed by atoms with Gasteiger partial charge < -0.3 is 0 Å². The molecule has 0 unspecified atom stereocenters. The molecule has 0 radical (unpaired) electrons. The molecule has 0 aliphatic carbocycles. The molecule has 1 fully saturated rings. The van der Waals surface area contributed by atoms with Gasteiger partial charge in [-0.3, -0.25) is 15.0 Å². The highest BCUT2D eigenvalue weighted by molar-refractivity contribution is 9.10. The van der Waals surface area contributed by atoms with Gasteiger partial charge in [-0.15, -0.1) is 0 Å². The molecule has 2 amide bonds. The fourth-order valence-electron chi connectivity index (χ4n) is 2.10. The lowest BCUT2D eigenvalue weighted by atomic mass is 10.1. The number of benzene rings is 2. The zero-order valence-corrected chi connectivity index (χ0v) is 14.6. The molecule has 0 aromatic heterocycles. The smallest absolute Gasteiger partial charge is 0.267 e. The molecule has 1 saturated heterocycles. The van der Waals surface area contributed by atoms with Crippen molar-refractivity contribution in [1.82, 2.24) is 5.43 Å². The van der Waals surface area contributed by atoms with E-state index in [0.717, 1.165) is 4.47 Å². The van der Waals surface area contributed by atoms with Crippen molar-refractivity contribution in [2.75, 3.05) is 5.01 Å². The van der Waals surface area contributed by atoms with Gasteiger partial charge in [-0.1, -0.05) is 45.2 Å². The van der Waals surface area contributed by atoms with E-state index in [4.69, 9.17) is 23.2 Å². The van der Waals surface area contributed by atoms with E-state index in [0.29, 0.717) is 21.3 Å². The third-order valence-electron chi connectivity index (χ3n) is 3.24. The molecule has 1 heterocycles. The molecule has 116 valence electrons. The van der Waals surface area contributed by atoms with E-state index in [2.05, 4.69) is 21.4 Å². The van der Waals surface area contributed by atoms with Crippen molar-refractivity contribution in [1.29, 1.82) is 0 Å². The number of anilines is 1. The summed E-state index contributed by atoms with van der Waals surface area (Å²) < 4.78 is 0.878. The second-order valence-electron chi connectivity index (χ2n) is 4.78. The Morgan fingerprint density at radius 1 is 1.04 bits per heavy atom. The second kappa shape index (κ2) is 6.35. The average molecular weight is 412 g/mol. The van der Waals surface area contributed by atoms with Crippen molar-refractivity contribution < 1.29 is 9.59 Å². The van der Waals surface area contributed by atoms with Crippen LogP contribution >= 0.6 is 39.1 Å². The van der Waals surface area contributed by atoms with Crippen LogP contribution in [0.5, 0.6) is 0 Å². The number of rotatable bonds is 2. The van der Waals surface area contributed by atoms with Crippen LogP contribution in [-0.4, -0.2) is 11.8 Å². The molecule has 1 aliphatic rings. The Labute approximate surface area is 150 Å². The maximum atomic E-state index is 12.5. The van der Waals surface area contributed by atoms with Gasteiger partial charge in [0.05, 0.1) is 5.69 Å². The number of amides is 2. The van der Waals surface area contributed by atoms with E-state index in [1.165, 1.54) is 11.1 Å². The lowest BCUT2D eigenvalue weighted by Crippen LogP contribution is -2.35. The van der Waals surface area contributed by atoms with Crippen LogP contribution in [0.1, 0.15) is 5.56 Å². The third kappa shape index (κ3) is 3.27. The van der Waals surface area contributed by atoms with Gasteiger partial charge in [-0.2, -0.15) is 0 Å². The highest BCUT2D eigenvalue weighted by atomic mass is 79.9. The molecular weight excluding hydrogens is 403 g/mol. The molecule has 0 spiro atoms. The zero-order valence-electron chi connectivity index (χ0n) is 11.5. The molecule has 2 aromatic rings. The summed E-state index contributed by atoms with van der Waals surface area (Å²) in [7, 11) is 0. The third-order valence-corrected chi connectivity index (χ3v) is 4.33. The predicted octanol–water partition coefficient (Wildman–Crippen LogP) is 4.22. The highest BCUT2D eigenvalue weighted by Gasteiger charge is 2.34. The van der Waals surface area contributed by atoms with Crippen molar-refractivity contribution in [3.05, 3.63) is 68.1 Å². The lowest BCUT2D eigenvalue weighted by molar-refractivity contribution is -0.117. The van der Waals surface area contributed by atoms with Crippen molar-refractivity contribution in [2.45, 2.75) is 0 Å². The van der Waals surface area contributed by atoms with Gasteiger partial charge in [0.25, 0.3) is 11.8 Å². The van der Waals surface area contributed by atoms with E-state index in [1.807, 2.05) is 0 Å². The molecule has 1 N–H and O–H groups in total. The van der Waals surface area contributed by atoms with Gasteiger partial charge in [0.2, 0.25) is 0 Å². The van der Waals surface area contributed by atoms with Gasteiger partial charge >= 0.3 is 0 Å². The Balaban J connectivity index is 1.95. The summed E-state index contributed by atoms with van der Waals surface area (Å²) in [4.78, 5) is 24.6. The number of carbonyl (C=O) groups is 2. The molecule has 2 aromatic carbocycles. The van der Waals surface area contributed by atoms with Gasteiger partial charge in [-0.05, 0) is 48.0 Å². The van der Waals surface area contributed by atoms with E-state index < -0.39 is 11.8 Å². The summed E-state index contributed by atoms with van der Waals surface area (Å²) in [5, 5.41) is 2.05. The molecule has 0 saturated carbocycles. The molecule has 3 rings (SSSR count). The minimum absolute atomic E-state index is 0.0112. The van der Waals surface area contributed by atoms with Crippen LogP contribution in [0, 0.1) is 0 Å². The predicted molar refractivity (Wildman–Crippen MR) is 94.2 cm³/mol. The fourth-order valence-corrected chi connectivity index (χ4v) is 2.83. The Kier molecular flexibility index (Phi) is 4.43. The first kappa shape index (κ1) is 16.1. The number of hydrazine groups is 1. The second-order valence-corrected chi connectivity index (χ2v) is 6.54. The summed E-state index contributed by atoms with van der Waals surface area (Å²) in [5.74, 6) is -0.924. The summed E-state index contributed by atoms with van der Waals surface area (Å²) in [6.07, 6.45) is 1.45. The lowest BCUT2D eigenvalue weighted by Gasteiger charge is -2.14. The topological polar surface area (TPSA) is 49.4 Å². The van der Waals surface area contributed by atoms with Crippen molar-refractivity contribution in [3.63, 3.8) is 0 Å². The summed E-state index contributed by atoms with van der Waals surface area (Å²) >= 11 is 15.3. The average Bonchev–Trinajstić information content (AvgIpc) is 2.78. The van der Waals surface area contributed by atoms with E-state index >= 15 is 0 Å². The molecule has 0 bridgehead atoms. The van der Waals surface area contributed by atoms with Crippen molar-refractivity contribution >= 4 is 62.7 Å². The molecule has 0 atom stereocenters. The first-order chi connectivity index (χ1) is 11.0. The Morgan fingerprint density at radius 3 is 2.39 bits per heavy atom. The Bertz CT molecular complexity index is 834. The normalized spacial score (nSPS) is 16.1. The number of hydrogen-bond acceptors (Lipinski definition) is 2. The van der Waals surface area contributed by atoms with Crippen molar-refractivity contribution in [3.8, 4) is 0 Å². The van der Waals surface area contributed by atoms with Crippen LogP contribution in [0.4, 0.5) is 5.69 Å². The maximum absolute atomic E-state index is 12.5. The summed E-state index contributed by atoms with van der Waals surface area (Å²) in [6.45, 7) is 0. The van der Waals surface area contributed by atoms with Crippen LogP contribution in [0.25, 0.3) is 6.08 Å². The fraction of sp³-hybridized carbons (Fsp3) is 0. The van der Waals surface area contributed by atoms with Crippen LogP contribution in [-0.2, 0) is 9.59 Å². The first-order valence-electron chi connectivity index (χ1n) is 6.53. The number of nitrogens with zero attached hydrogens (tertiary/aromatic N) is 1. The molecular formula is C16H9BrCl2N2O2. The SMILES string of the molecule is O=C1NN(c2ccc(Br)cc2)C(=O)C1=Cc1ccc(Cl)cc1Cl. The molecule has 23 heavy (non-hydrogen) atoms. The highest BCUT2D eigenvalue weighted by Crippen LogP contribution is 2.26. The standard InChI is InChI=1S/C16H9BrCl2N2O2/c17-10-2-5-12(6-3-10)21-16(23)13(15(22)20-21)7-9-1-4-11(18)8-14(9)19/h1-8H,(H,20,22). The van der Waals surface area contributed by atoms with Gasteiger partial charge in [0.1, 0.15) is 5.57 Å². The minimum Gasteiger partial charge on any atom is -0.267 e. The van der Waals surface area contributed by atoms with Crippen LogP contribution < -0.4 is 10.4 Å². The molecule has 1 aliphatic heterocycles. The molecule has 7 heteroatoms. The quantitative estimate of drug-likeness (QED) is 0.594. The van der Waals surface area contributed by atoms with E-state index in [1.54, 1.807) is 42.5 Å². The number of nitrogens with one attached hydrogen (secondary N) is 1. The number of halogens is 3. The molecule has 4 nitrogen and oxygen atoms in total. The van der Waals surface area contributed by atoms with Gasteiger partial charge in [-0.25, -0.2) is 5.01 Å². The van der Waals surface area contributed by atoms with E-state index in [-0.39, 0.29) is 5.57 Å². The van der Waals surface area contributed by atoms with Crippen LogP contribution in [0.2, 0.25) is 10.0 Å². The minimum atomic E-state index is -0.482. The van der Waals surface area contributed by atoms with Gasteiger partial charge in [0, 0.05) is 14.5 Å². The van der Waals surface area contributed by atoms with Crippen LogP contribution in [0.15, 0.2) is 52.5 Å². The maximum Gasteiger partial charge on any atom is 0.282 e. The van der Waals surface area contributed by atoms with Gasteiger partial charge in [0.15, 0.2) is 0 Å². The largest absolute Gasteiger partial charge is 0.282 e. The first-order valence-corrected chi connectivity index (χ1v) is 8.08. The zero-order chi connectivity index (χ0) is 16.6. The van der Waals surface area contributed by atoms with Crippen molar-refractivity contribution in [2.24, 2.45) is 0 Å². The monoisotopic (exact) mass is 410 g/mol. The summed E-state index contributed by atoms with van der Waals surface area (Å²) in [6, 6.07) is 11.9. The Hall–Kier alpha value is -1.82. The summed E-state index contributed by atoms with van der Waals surface area (Å²) in [5.41, 5.74) is 3.66. The Morgan fingerprint density at radius 2 is 1.74 bits per heavy atom. The number of carbonyl (C=O) groups excluding carboxylic acids is 2. The van der Waals surface area contributed by atoms with Crippen LogP contribution in [0.3, 0.4) is 0 Å². The van der Waals surface area contributed by atoms with E-state index in [9.17, 15) is 9.59 Å². The number of hydrogen-bond donors (Lipinski definition) is 1.